The Morgan fingerprint density at radius 2 is 2.00 bits per heavy atom. The molecular formula is C14H18N2O2. The van der Waals surface area contributed by atoms with E-state index in [0.29, 0.717) is 6.54 Å². The molecule has 0 fully saturated rings. The number of benzene rings is 1. The molecule has 0 saturated carbocycles. The Bertz CT molecular complexity index is 437. The first-order valence-electron chi connectivity index (χ1n) is 6.20. The van der Waals surface area contributed by atoms with Gasteiger partial charge in [-0.05, 0) is 24.1 Å². The second kappa shape index (κ2) is 6.81. The van der Waals surface area contributed by atoms with E-state index in [1.807, 2.05) is 18.2 Å². The Morgan fingerprint density at radius 1 is 1.17 bits per heavy atom. The van der Waals surface area contributed by atoms with Crippen molar-refractivity contribution in [3.05, 3.63) is 47.9 Å². The number of hydrogen-bond donors (Lipinski definition) is 1. The fourth-order valence-electron chi connectivity index (χ4n) is 1.59. The van der Waals surface area contributed by atoms with Crippen molar-refractivity contribution in [3.8, 4) is 5.75 Å². The van der Waals surface area contributed by atoms with Gasteiger partial charge in [-0.15, -0.1) is 0 Å². The van der Waals surface area contributed by atoms with Gasteiger partial charge >= 0.3 is 0 Å². The molecule has 0 spiro atoms. The van der Waals surface area contributed by atoms with E-state index < -0.39 is 0 Å². The number of hydrogen-bond acceptors (Lipinski definition) is 4. The molecule has 2 rings (SSSR count). The second-order valence-electron chi connectivity index (χ2n) is 4.07. The number of aromatic nitrogens is 1. The topological polar surface area (TPSA) is 47.3 Å². The maximum atomic E-state index is 5.53. The monoisotopic (exact) mass is 246 g/mol. The lowest BCUT2D eigenvalue weighted by Gasteiger charge is -2.06. The summed E-state index contributed by atoms with van der Waals surface area (Å²) in [5, 5.41) is 6.95. The number of ether oxygens (including phenoxy) is 1. The Labute approximate surface area is 107 Å². The van der Waals surface area contributed by atoms with Crippen molar-refractivity contribution in [1.29, 1.82) is 0 Å². The summed E-state index contributed by atoms with van der Waals surface area (Å²) in [6.07, 6.45) is 2.68. The molecule has 96 valence electrons. The fourth-order valence-corrected chi connectivity index (χ4v) is 1.59. The summed E-state index contributed by atoms with van der Waals surface area (Å²) >= 11 is 0. The van der Waals surface area contributed by atoms with E-state index >= 15 is 0 Å². The predicted octanol–water partition coefficient (Wildman–Crippen LogP) is 2.75. The zero-order valence-corrected chi connectivity index (χ0v) is 10.6. The lowest BCUT2D eigenvalue weighted by Crippen LogP contribution is -2.12. The molecule has 2 aromatic rings. The lowest BCUT2D eigenvalue weighted by molar-refractivity contribution is 0.317. The van der Waals surface area contributed by atoms with Gasteiger partial charge in [-0.25, -0.2) is 0 Å². The number of rotatable bonds is 7. The summed E-state index contributed by atoms with van der Waals surface area (Å²) in [7, 11) is 0. The van der Waals surface area contributed by atoms with Gasteiger partial charge in [0.15, 0.2) is 0 Å². The Hall–Kier alpha value is -1.81. The molecule has 4 nitrogen and oxygen atoms in total. The van der Waals surface area contributed by atoms with Crippen molar-refractivity contribution in [2.45, 2.75) is 26.4 Å². The molecule has 0 unspecified atom stereocenters. The standard InChI is InChI=1S/C14H18N2O2/c1-2-9-17-13-5-3-12(4-6-13)10-15-11-14-7-8-16-18-14/h3-8,15H,2,9-11H2,1H3. The van der Waals surface area contributed by atoms with Crippen LogP contribution >= 0.6 is 0 Å². The summed E-state index contributed by atoms with van der Waals surface area (Å²) in [5.74, 6) is 1.77. The molecule has 0 aliphatic carbocycles. The molecule has 0 aliphatic heterocycles. The van der Waals surface area contributed by atoms with Gasteiger partial charge in [-0.2, -0.15) is 0 Å². The molecular weight excluding hydrogens is 228 g/mol. The van der Waals surface area contributed by atoms with Crippen molar-refractivity contribution < 1.29 is 9.26 Å². The van der Waals surface area contributed by atoms with Gasteiger partial charge in [0.25, 0.3) is 0 Å². The van der Waals surface area contributed by atoms with Gasteiger partial charge in [0.1, 0.15) is 11.5 Å². The van der Waals surface area contributed by atoms with Gasteiger partial charge < -0.3 is 14.6 Å². The summed E-state index contributed by atoms with van der Waals surface area (Å²) < 4.78 is 10.5. The van der Waals surface area contributed by atoms with Crippen LogP contribution in [-0.4, -0.2) is 11.8 Å². The van der Waals surface area contributed by atoms with Crippen LogP contribution in [0.5, 0.6) is 5.75 Å². The summed E-state index contributed by atoms with van der Waals surface area (Å²) in [5.41, 5.74) is 1.22. The summed E-state index contributed by atoms with van der Waals surface area (Å²) in [6.45, 7) is 4.35. The number of nitrogens with zero attached hydrogens (tertiary/aromatic N) is 1. The third-order valence-corrected chi connectivity index (χ3v) is 2.52. The fraction of sp³-hybridized carbons (Fsp3) is 0.357. The minimum Gasteiger partial charge on any atom is -0.494 e. The van der Waals surface area contributed by atoms with Gasteiger partial charge in [-0.1, -0.05) is 24.2 Å². The van der Waals surface area contributed by atoms with Crippen molar-refractivity contribution in [2.75, 3.05) is 6.61 Å². The molecule has 0 radical (unpaired) electrons. The molecule has 1 aromatic carbocycles. The first kappa shape index (κ1) is 12.6. The maximum absolute atomic E-state index is 5.53. The molecule has 1 N–H and O–H groups in total. The summed E-state index contributed by atoms with van der Waals surface area (Å²) in [6, 6.07) is 9.99. The first-order valence-corrected chi connectivity index (χ1v) is 6.20. The number of nitrogens with one attached hydrogen (secondary N) is 1. The highest BCUT2D eigenvalue weighted by Crippen LogP contribution is 2.12. The highest BCUT2D eigenvalue weighted by molar-refractivity contribution is 5.27. The highest BCUT2D eigenvalue weighted by atomic mass is 16.5. The SMILES string of the molecule is CCCOc1ccc(CNCc2ccno2)cc1. The smallest absolute Gasteiger partial charge is 0.150 e. The van der Waals surface area contributed by atoms with E-state index in [9.17, 15) is 0 Å². The third-order valence-electron chi connectivity index (χ3n) is 2.52. The lowest BCUT2D eigenvalue weighted by atomic mass is 10.2. The van der Waals surface area contributed by atoms with Crippen LogP contribution in [0, 0.1) is 0 Å². The summed E-state index contributed by atoms with van der Waals surface area (Å²) in [4.78, 5) is 0. The maximum Gasteiger partial charge on any atom is 0.150 e. The van der Waals surface area contributed by atoms with Crippen molar-refractivity contribution in [2.24, 2.45) is 0 Å². The van der Waals surface area contributed by atoms with Gasteiger partial charge in [0, 0.05) is 12.6 Å². The molecule has 4 heteroatoms. The van der Waals surface area contributed by atoms with Crippen molar-refractivity contribution in [3.63, 3.8) is 0 Å². The minimum atomic E-state index is 0.689. The van der Waals surface area contributed by atoms with Crippen LogP contribution < -0.4 is 10.1 Å². The van der Waals surface area contributed by atoms with Gasteiger partial charge in [0.2, 0.25) is 0 Å². The van der Waals surface area contributed by atoms with Crippen LogP contribution in [0.3, 0.4) is 0 Å². The quantitative estimate of drug-likeness (QED) is 0.816. The van der Waals surface area contributed by atoms with E-state index in [2.05, 4.69) is 29.5 Å². The molecule has 1 aromatic heterocycles. The highest BCUT2D eigenvalue weighted by Gasteiger charge is 1.98. The van der Waals surface area contributed by atoms with Crippen molar-refractivity contribution in [1.82, 2.24) is 10.5 Å². The first-order chi connectivity index (χ1) is 8.88. The predicted molar refractivity (Wildman–Crippen MR) is 69.3 cm³/mol. The molecule has 0 aliphatic rings. The second-order valence-corrected chi connectivity index (χ2v) is 4.07. The van der Waals surface area contributed by atoms with Crippen molar-refractivity contribution >= 4 is 0 Å². The van der Waals surface area contributed by atoms with E-state index in [0.717, 1.165) is 31.1 Å². The van der Waals surface area contributed by atoms with E-state index in [4.69, 9.17) is 9.26 Å². The third kappa shape index (κ3) is 3.89. The molecule has 1 heterocycles. The Kier molecular flexibility index (Phi) is 4.78. The van der Waals surface area contributed by atoms with Crippen LogP contribution in [-0.2, 0) is 13.1 Å². The van der Waals surface area contributed by atoms with Crippen LogP contribution in [0.1, 0.15) is 24.7 Å². The van der Waals surface area contributed by atoms with Gasteiger partial charge in [0.05, 0.1) is 19.3 Å². The molecule has 0 atom stereocenters. The van der Waals surface area contributed by atoms with Crippen LogP contribution in [0.25, 0.3) is 0 Å². The van der Waals surface area contributed by atoms with E-state index in [1.54, 1.807) is 6.20 Å². The van der Waals surface area contributed by atoms with Crippen LogP contribution in [0.15, 0.2) is 41.1 Å². The molecule has 0 saturated heterocycles. The van der Waals surface area contributed by atoms with Crippen LogP contribution in [0.4, 0.5) is 0 Å². The van der Waals surface area contributed by atoms with Crippen LogP contribution in [0.2, 0.25) is 0 Å². The van der Waals surface area contributed by atoms with E-state index in [1.165, 1.54) is 5.56 Å². The molecule has 0 bridgehead atoms. The molecule has 18 heavy (non-hydrogen) atoms. The Balaban J connectivity index is 1.75. The average Bonchev–Trinajstić information content (AvgIpc) is 2.91. The van der Waals surface area contributed by atoms with E-state index in [-0.39, 0.29) is 0 Å². The minimum absolute atomic E-state index is 0.689. The van der Waals surface area contributed by atoms with Gasteiger partial charge in [-0.3, -0.25) is 0 Å². The zero-order chi connectivity index (χ0) is 12.6. The zero-order valence-electron chi connectivity index (χ0n) is 10.6. The average molecular weight is 246 g/mol. The normalized spacial score (nSPS) is 10.5. The molecule has 0 amide bonds. The largest absolute Gasteiger partial charge is 0.494 e. The Morgan fingerprint density at radius 3 is 2.67 bits per heavy atom.